The van der Waals surface area contributed by atoms with Crippen LogP contribution in [-0.4, -0.2) is 28.2 Å². The molecule has 2 aromatic carbocycles. The number of ether oxygens (including phenoxy) is 1. The molecule has 0 bridgehead atoms. The number of rotatable bonds is 4. The highest BCUT2D eigenvalue weighted by molar-refractivity contribution is 6.20. The van der Waals surface area contributed by atoms with E-state index in [4.69, 9.17) is 4.74 Å². The van der Waals surface area contributed by atoms with Crippen molar-refractivity contribution in [1.82, 2.24) is 9.55 Å². The molecule has 2 heterocycles. The lowest BCUT2D eigenvalue weighted by molar-refractivity contribution is 0.0520. The average Bonchev–Trinajstić information content (AvgIpc) is 2.94. The van der Waals surface area contributed by atoms with Crippen LogP contribution in [0.4, 0.5) is 5.82 Å². The number of fused-ring (bicyclic) bond motifs is 5. The lowest BCUT2D eigenvalue weighted by atomic mass is 10.1. The Morgan fingerprint density at radius 1 is 1.19 bits per heavy atom. The number of esters is 1. The molecular weight excluding hydrogens is 338 g/mol. The summed E-state index contributed by atoms with van der Waals surface area (Å²) < 4.78 is 7.36. The Balaban J connectivity index is 2.11. The van der Waals surface area contributed by atoms with Crippen LogP contribution < -0.4 is 5.32 Å². The number of nitrogens with zero attached hydrogens (tertiary/aromatic N) is 2. The minimum atomic E-state index is -0.400. The van der Waals surface area contributed by atoms with E-state index < -0.39 is 5.97 Å². The van der Waals surface area contributed by atoms with E-state index in [1.165, 1.54) is 16.3 Å². The largest absolute Gasteiger partial charge is 0.461 e. The van der Waals surface area contributed by atoms with Crippen LogP contribution in [0.3, 0.4) is 0 Å². The maximum absolute atomic E-state index is 12.3. The Morgan fingerprint density at radius 2 is 1.96 bits per heavy atom. The summed E-state index contributed by atoms with van der Waals surface area (Å²) in [5.74, 6) is 0.311. The van der Waals surface area contributed by atoms with Crippen LogP contribution >= 0.6 is 0 Å². The normalized spacial score (nSPS) is 11.6. The fourth-order valence-corrected chi connectivity index (χ4v) is 3.70. The van der Waals surface area contributed by atoms with Gasteiger partial charge in [0.05, 0.1) is 12.1 Å². The van der Waals surface area contributed by atoms with Crippen molar-refractivity contribution < 1.29 is 9.53 Å². The Kier molecular flexibility index (Phi) is 4.22. The minimum absolute atomic E-state index is 0.183. The highest BCUT2D eigenvalue weighted by Crippen LogP contribution is 2.36. The van der Waals surface area contributed by atoms with Gasteiger partial charge in [-0.3, -0.25) is 0 Å². The molecule has 2 aromatic heterocycles. The van der Waals surface area contributed by atoms with Crippen molar-refractivity contribution in [3.63, 3.8) is 0 Å². The van der Waals surface area contributed by atoms with Crippen LogP contribution in [0.25, 0.3) is 32.6 Å². The number of nitrogens with one attached hydrogen (secondary N) is 1. The van der Waals surface area contributed by atoms with E-state index in [0.717, 1.165) is 16.3 Å². The molecule has 0 saturated heterocycles. The number of aryl methyl sites for hydroxylation is 1. The first-order valence-corrected chi connectivity index (χ1v) is 9.25. The number of benzene rings is 2. The molecule has 0 amide bonds. The summed E-state index contributed by atoms with van der Waals surface area (Å²) in [7, 11) is 2.07. The number of carbonyl (C=O) groups excluding carboxylic acids is 1. The van der Waals surface area contributed by atoms with Crippen LogP contribution in [0.15, 0.2) is 42.5 Å². The third-order valence-electron chi connectivity index (χ3n) is 4.77. The van der Waals surface area contributed by atoms with Crippen LogP contribution in [-0.2, 0) is 11.8 Å². The van der Waals surface area contributed by atoms with Crippen molar-refractivity contribution in [3.8, 4) is 0 Å². The summed E-state index contributed by atoms with van der Waals surface area (Å²) in [6, 6.07) is 14.5. The number of pyridine rings is 1. The average molecular weight is 361 g/mol. The summed E-state index contributed by atoms with van der Waals surface area (Å²) in [5.41, 5.74) is 2.61. The van der Waals surface area contributed by atoms with E-state index in [-0.39, 0.29) is 6.04 Å². The smallest absolute Gasteiger partial charge is 0.357 e. The topological polar surface area (TPSA) is 56.1 Å². The Morgan fingerprint density at radius 3 is 2.70 bits per heavy atom. The molecule has 0 aliphatic rings. The molecule has 1 N–H and O–H groups in total. The van der Waals surface area contributed by atoms with Gasteiger partial charge in [-0.05, 0) is 38.3 Å². The van der Waals surface area contributed by atoms with Gasteiger partial charge in [-0.25, -0.2) is 9.78 Å². The second kappa shape index (κ2) is 6.58. The number of carbonyl (C=O) groups is 1. The highest BCUT2D eigenvalue weighted by Gasteiger charge is 2.18. The molecule has 27 heavy (non-hydrogen) atoms. The van der Waals surface area contributed by atoms with Gasteiger partial charge in [0.15, 0.2) is 5.69 Å². The van der Waals surface area contributed by atoms with Crippen LogP contribution in [0.5, 0.6) is 0 Å². The predicted octanol–water partition coefficient (Wildman–Crippen LogP) is 4.88. The number of hydrogen-bond donors (Lipinski definition) is 1. The summed E-state index contributed by atoms with van der Waals surface area (Å²) in [5, 5.41) is 7.79. The van der Waals surface area contributed by atoms with E-state index >= 15 is 0 Å². The second-order valence-electron chi connectivity index (χ2n) is 7.01. The standard InChI is InChI=1S/C22H23N3O2/c1-5-27-22(26)17-12-14-10-11-16-15-8-6-7-9-18(15)25(4)20(16)19(14)21(24-17)23-13(2)3/h6-13H,5H2,1-4H3,(H,23,24). The van der Waals surface area contributed by atoms with Gasteiger partial charge in [0.1, 0.15) is 5.82 Å². The van der Waals surface area contributed by atoms with E-state index in [9.17, 15) is 4.79 Å². The molecule has 4 rings (SSSR count). The molecule has 0 aliphatic carbocycles. The van der Waals surface area contributed by atoms with Crippen LogP contribution in [0.1, 0.15) is 31.3 Å². The van der Waals surface area contributed by atoms with Crippen molar-refractivity contribution in [2.45, 2.75) is 26.8 Å². The first-order chi connectivity index (χ1) is 13.0. The summed E-state index contributed by atoms with van der Waals surface area (Å²) in [4.78, 5) is 16.9. The van der Waals surface area contributed by atoms with Gasteiger partial charge in [0.2, 0.25) is 0 Å². The maximum Gasteiger partial charge on any atom is 0.357 e. The van der Waals surface area contributed by atoms with E-state index in [1.54, 1.807) is 6.92 Å². The molecule has 4 aromatic rings. The highest BCUT2D eigenvalue weighted by atomic mass is 16.5. The predicted molar refractivity (Wildman–Crippen MR) is 110 cm³/mol. The summed E-state index contributed by atoms with van der Waals surface area (Å²) in [6.07, 6.45) is 0. The summed E-state index contributed by atoms with van der Waals surface area (Å²) >= 11 is 0. The number of aromatic nitrogens is 2. The van der Waals surface area contributed by atoms with Gasteiger partial charge in [0.25, 0.3) is 0 Å². The fraction of sp³-hybridized carbons (Fsp3) is 0.273. The van der Waals surface area contributed by atoms with Crippen molar-refractivity contribution in [2.75, 3.05) is 11.9 Å². The molecule has 0 fully saturated rings. The van der Waals surface area contributed by atoms with Gasteiger partial charge in [0, 0.05) is 34.8 Å². The molecule has 0 radical (unpaired) electrons. The summed E-state index contributed by atoms with van der Waals surface area (Å²) in [6.45, 7) is 6.25. The first kappa shape index (κ1) is 17.3. The van der Waals surface area contributed by atoms with Gasteiger partial charge < -0.3 is 14.6 Å². The number of para-hydroxylation sites is 1. The Labute approximate surface area is 157 Å². The molecule has 0 atom stereocenters. The third kappa shape index (κ3) is 2.79. The lowest BCUT2D eigenvalue weighted by Crippen LogP contribution is -2.14. The molecule has 0 unspecified atom stereocenters. The Bertz CT molecular complexity index is 1170. The van der Waals surface area contributed by atoms with Crippen LogP contribution in [0, 0.1) is 0 Å². The maximum atomic E-state index is 12.3. The quantitative estimate of drug-likeness (QED) is 0.527. The van der Waals surface area contributed by atoms with Gasteiger partial charge in [-0.1, -0.05) is 30.3 Å². The van der Waals surface area contributed by atoms with Gasteiger partial charge in [-0.15, -0.1) is 0 Å². The zero-order valence-electron chi connectivity index (χ0n) is 16.0. The van der Waals surface area contributed by atoms with E-state index in [0.29, 0.717) is 18.1 Å². The van der Waals surface area contributed by atoms with Crippen LogP contribution in [0.2, 0.25) is 0 Å². The molecule has 0 aliphatic heterocycles. The number of hydrogen-bond acceptors (Lipinski definition) is 4. The molecule has 5 nitrogen and oxygen atoms in total. The first-order valence-electron chi connectivity index (χ1n) is 9.25. The van der Waals surface area contributed by atoms with Gasteiger partial charge in [-0.2, -0.15) is 0 Å². The molecule has 0 saturated carbocycles. The minimum Gasteiger partial charge on any atom is -0.461 e. The number of anilines is 1. The monoisotopic (exact) mass is 361 g/mol. The third-order valence-corrected chi connectivity index (χ3v) is 4.77. The van der Waals surface area contributed by atoms with E-state index in [1.807, 2.05) is 12.1 Å². The van der Waals surface area contributed by atoms with E-state index in [2.05, 4.69) is 66.1 Å². The molecular formula is C22H23N3O2. The molecule has 138 valence electrons. The fourth-order valence-electron chi connectivity index (χ4n) is 3.70. The zero-order chi connectivity index (χ0) is 19.1. The second-order valence-corrected chi connectivity index (χ2v) is 7.01. The Hall–Kier alpha value is -3.08. The van der Waals surface area contributed by atoms with Crippen molar-refractivity contribution >= 4 is 44.4 Å². The van der Waals surface area contributed by atoms with Crippen molar-refractivity contribution in [3.05, 3.63) is 48.2 Å². The molecule has 5 heteroatoms. The van der Waals surface area contributed by atoms with Crippen molar-refractivity contribution in [2.24, 2.45) is 7.05 Å². The zero-order valence-corrected chi connectivity index (χ0v) is 16.0. The SMILES string of the molecule is CCOC(=O)c1cc2ccc3c4ccccc4n(C)c3c2c(NC(C)C)n1. The van der Waals surface area contributed by atoms with Gasteiger partial charge >= 0.3 is 5.97 Å². The molecule has 0 spiro atoms. The lowest BCUT2D eigenvalue weighted by Gasteiger charge is -2.15. The van der Waals surface area contributed by atoms with Crippen molar-refractivity contribution in [1.29, 1.82) is 0 Å².